The third kappa shape index (κ3) is 4.22. The average molecular weight is 271 g/mol. The van der Waals surface area contributed by atoms with Crippen LogP contribution in [0.1, 0.15) is 0 Å². The predicted molar refractivity (Wildman–Crippen MR) is 73.8 cm³/mol. The minimum atomic E-state index is 0.0320. The van der Waals surface area contributed by atoms with Gasteiger partial charge in [0.25, 0.3) is 0 Å². The zero-order valence-corrected chi connectivity index (χ0v) is 11.0. The molecule has 0 saturated carbocycles. The molecule has 0 bridgehead atoms. The summed E-state index contributed by atoms with van der Waals surface area (Å²) >= 11 is 7.52. The van der Waals surface area contributed by atoms with E-state index in [1.807, 2.05) is 12.1 Å². The lowest BCUT2D eigenvalue weighted by Crippen LogP contribution is -2.43. The van der Waals surface area contributed by atoms with Crippen LogP contribution in [0.15, 0.2) is 24.3 Å². The van der Waals surface area contributed by atoms with Crippen molar-refractivity contribution in [3.05, 3.63) is 29.3 Å². The van der Waals surface area contributed by atoms with E-state index in [0.717, 1.165) is 30.4 Å². The standard InChI is InChI=1S/C12H15ClN2OS/c13-10-2-1-3-11(4-10)15-12(16)8-17-7-9-5-14-6-9/h1-4,9,14H,5-8H2,(H,15,16). The summed E-state index contributed by atoms with van der Waals surface area (Å²) in [5, 5.41) is 6.68. The molecule has 0 aliphatic carbocycles. The lowest BCUT2D eigenvalue weighted by molar-refractivity contribution is -0.113. The molecule has 1 aromatic carbocycles. The third-order valence-electron chi connectivity index (χ3n) is 2.56. The quantitative estimate of drug-likeness (QED) is 0.862. The number of amides is 1. The molecule has 1 heterocycles. The lowest BCUT2D eigenvalue weighted by Gasteiger charge is -2.26. The molecule has 17 heavy (non-hydrogen) atoms. The molecule has 1 amide bonds. The molecule has 2 N–H and O–H groups in total. The smallest absolute Gasteiger partial charge is 0.234 e. The van der Waals surface area contributed by atoms with Gasteiger partial charge in [-0.25, -0.2) is 0 Å². The molecule has 0 atom stereocenters. The van der Waals surface area contributed by atoms with Gasteiger partial charge in [-0.15, -0.1) is 0 Å². The van der Waals surface area contributed by atoms with E-state index in [-0.39, 0.29) is 5.91 Å². The summed E-state index contributed by atoms with van der Waals surface area (Å²) in [5.41, 5.74) is 0.758. The Kier molecular flexibility index (Phi) is 4.71. The second-order valence-electron chi connectivity index (χ2n) is 4.10. The molecule has 0 radical (unpaired) electrons. The number of halogens is 1. The predicted octanol–water partition coefficient (Wildman–Crippen LogP) is 2.23. The first-order valence-corrected chi connectivity index (χ1v) is 7.11. The largest absolute Gasteiger partial charge is 0.325 e. The maximum atomic E-state index is 11.6. The highest BCUT2D eigenvalue weighted by molar-refractivity contribution is 7.99. The van der Waals surface area contributed by atoms with E-state index in [1.54, 1.807) is 23.9 Å². The van der Waals surface area contributed by atoms with E-state index in [4.69, 9.17) is 11.6 Å². The van der Waals surface area contributed by atoms with Crippen LogP contribution in [0, 0.1) is 5.92 Å². The van der Waals surface area contributed by atoms with Crippen LogP contribution < -0.4 is 10.6 Å². The Morgan fingerprint density at radius 3 is 3.00 bits per heavy atom. The Hall–Kier alpha value is -0.710. The highest BCUT2D eigenvalue weighted by atomic mass is 35.5. The maximum absolute atomic E-state index is 11.6. The van der Waals surface area contributed by atoms with Gasteiger partial charge in [-0.3, -0.25) is 4.79 Å². The molecule has 1 aromatic rings. The van der Waals surface area contributed by atoms with Gasteiger partial charge < -0.3 is 10.6 Å². The summed E-state index contributed by atoms with van der Waals surface area (Å²) in [7, 11) is 0. The van der Waals surface area contributed by atoms with Crippen molar-refractivity contribution in [2.45, 2.75) is 0 Å². The van der Waals surface area contributed by atoms with Crippen LogP contribution in [0.3, 0.4) is 0 Å². The Morgan fingerprint density at radius 2 is 2.35 bits per heavy atom. The van der Waals surface area contributed by atoms with Gasteiger partial charge in [0.2, 0.25) is 5.91 Å². The molecule has 1 aliphatic rings. The van der Waals surface area contributed by atoms with Crippen molar-refractivity contribution < 1.29 is 4.79 Å². The van der Waals surface area contributed by atoms with Gasteiger partial charge in [-0.2, -0.15) is 11.8 Å². The Balaban J connectivity index is 1.69. The zero-order chi connectivity index (χ0) is 12.1. The number of rotatable bonds is 5. The number of nitrogens with one attached hydrogen (secondary N) is 2. The van der Waals surface area contributed by atoms with Crippen molar-refractivity contribution in [1.29, 1.82) is 0 Å². The van der Waals surface area contributed by atoms with Crippen LogP contribution in [-0.4, -0.2) is 30.5 Å². The fourth-order valence-corrected chi connectivity index (χ4v) is 2.68. The molecule has 1 fully saturated rings. The maximum Gasteiger partial charge on any atom is 0.234 e. The van der Waals surface area contributed by atoms with Gasteiger partial charge in [0.15, 0.2) is 0 Å². The molecule has 0 aromatic heterocycles. The van der Waals surface area contributed by atoms with Crippen LogP contribution in [-0.2, 0) is 4.79 Å². The molecule has 1 saturated heterocycles. The van der Waals surface area contributed by atoms with Crippen LogP contribution >= 0.6 is 23.4 Å². The molecule has 2 rings (SSSR count). The second kappa shape index (κ2) is 6.28. The van der Waals surface area contributed by atoms with Crippen LogP contribution in [0.5, 0.6) is 0 Å². The minimum Gasteiger partial charge on any atom is -0.325 e. The number of hydrogen-bond donors (Lipinski definition) is 2. The van der Waals surface area contributed by atoms with Gasteiger partial charge in [0, 0.05) is 10.7 Å². The van der Waals surface area contributed by atoms with Gasteiger partial charge >= 0.3 is 0 Å². The fourth-order valence-electron chi connectivity index (χ4n) is 1.55. The normalized spacial score (nSPS) is 15.4. The van der Waals surface area contributed by atoms with Crippen molar-refractivity contribution in [3.8, 4) is 0 Å². The van der Waals surface area contributed by atoms with Gasteiger partial charge in [-0.05, 0) is 43.0 Å². The first-order valence-electron chi connectivity index (χ1n) is 5.58. The van der Waals surface area contributed by atoms with Crippen LogP contribution in [0.2, 0.25) is 5.02 Å². The van der Waals surface area contributed by atoms with E-state index in [9.17, 15) is 4.79 Å². The molecule has 0 unspecified atom stereocenters. The highest BCUT2D eigenvalue weighted by Gasteiger charge is 2.16. The van der Waals surface area contributed by atoms with Crippen molar-refractivity contribution in [2.24, 2.45) is 5.92 Å². The lowest BCUT2D eigenvalue weighted by atomic mass is 10.1. The SMILES string of the molecule is O=C(CSCC1CNC1)Nc1cccc(Cl)c1. The van der Waals surface area contributed by atoms with Crippen molar-refractivity contribution in [2.75, 3.05) is 29.9 Å². The highest BCUT2D eigenvalue weighted by Crippen LogP contribution is 2.16. The third-order valence-corrected chi connectivity index (χ3v) is 3.97. The monoisotopic (exact) mass is 270 g/mol. The number of anilines is 1. The van der Waals surface area contributed by atoms with Gasteiger partial charge in [0.05, 0.1) is 5.75 Å². The number of hydrogen-bond acceptors (Lipinski definition) is 3. The molecular weight excluding hydrogens is 256 g/mol. The molecule has 92 valence electrons. The summed E-state index contributed by atoms with van der Waals surface area (Å²) in [6.07, 6.45) is 0. The fraction of sp³-hybridized carbons (Fsp3) is 0.417. The Bertz CT molecular complexity index is 396. The van der Waals surface area contributed by atoms with E-state index in [1.165, 1.54) is 0 Å². The molecule has 3 nitrogen and oxygen atoms in total. The first kappa shape index (κ1) is 12.7. The average Bonchev–Trinajstić information content (AvgIpc) is 2.22. The summed E-state index contributed by atoms with van der Waals surface area (Å²) in [5.74, 6) is 2.32. The van der Waals surface area contributed by atoms with E-state index in [2.05, 4.69) is 10.6 Å². The van der Waals surface area contributed by atoms with Gasteiger partial charge in [0.1, 0.15) is 0 Å². The van der Waals surface area contributed by atoms with E-state index >= 15 is 0 Å². The van der Waals surface area contributed by atoms with Crippen molar-refractivity contribution in [1.82, 2.24) is 5.32 Å². The summed E-state index contributed by atoms with van der Waals surface area (Å²) in [4.78, 5) is 11.6. The number of carbonyl (C=O) groups is 1. The Labute approximate surface area is 110 Å². The minimum absolute atomic E-state index is 0.0320. The summed E-state index contributed by atoms with van der Waals surface area (Å²) in [6.45, 7) is 2.17. The van der Waals surface area contributed by atoms with Crippen LogP contribution in [0.4, 0.5) is 5.69 Å². The first-order chi connectivity index (χ1) is 8.24. The molecule has 1 aliphatic heterocycles. The molecule has 0 spiro atoms. The zero-order valence-electron chi connectivity index (χ0n) is 9.41. The van der Waals surface area contributed by atoms with Crippen LogP contribution in [0.25, 0.3) is 0 Å². The van der Waals surface area contributed by atoms with E-state index in [0.29, 0.717) is 10.8 Å². The van der Waals surface area contributed by atoms with Crippen molar-refractivity contribution in [3.63, 3.8) is 0 Å². The van der Waals surface area contributed by atoms with Gasteiger partial charge in [-0.1, -0.05) is 17.7 Å². The molecule has 5 heteroatoms. The number of carbonyl (C=O) groups excluding carboxylic acids is 1. The van der Waals surface area contributed by atoms with Crippen molar-refractivity contribution >= 4 is 35.0 Å². The molecular formula is C12H15ClN2OS. The number of thioether (sulfide) groups is 1. The summed E-state index contributed by atoms with van der Waals surface area (Å²) in [6, 6.07) is 7.20. The summed E-state index contributed by atoms with van der Waals surface area (Å²) < 4.78 is 0. The Morgan fingerprint density at radius 1 is 1.53 bits per heavy atom. The second-order valence-corrected chi connectivity index (χ2v) is 5.56. The topological polar surface area (TPSA) is 41.1 Å². The van der Waals surface area contributed by atoms with E-state index < -0.39 is 0 Å². The number of benzene rings is 1.